The molecule has 1 aromatic heterocycles. The normalized spacial score (nSPS) is 19.6. The van der Waals surface area contributed by atoms with Gasteiger partial charge >= 0.3 is 0 Å². The molecule has 1 saturated carbocycles. The van der Waals surface area contributed by atoms with E-state index < -0.39 is 11.4 Å². The Labute approximate surface area is 181 Å². The molecule has 1 saturated heterocycles. The van der Waals surface area contributed by atoms with Crippen LogP contribution >= 0.6 is 0 Å². The minimum atomic E-state index is -1.07. The summed E-state index contributed by atoms with van der Waals surface area (Å²) in [5, 5.41) is 11.0. The molecule has 0 bridgehead atoms. The van der Waals surface area contributed by atoms with Crippen LogP contribution in [0.3, 0.4) is 0 Å². The molecular formula is C24H30FN3O3. The zero-order valence-electron chi connectivity index (χ0n) is 18.0. The average molecular weight is 428 g/mol. The summed E-state index contributed by atoms with van der Waals surface area (Å²) in [6.45, 7) is 3.08. The fraction of sp³-hybridized carbons (Fsp3) is 0.542. The van der Waals surface area contributed by atoms with E-state index in [4.69, 9.17) is 0 Å². The summed E-state index contributed by atoms with van der Waals surface area (Å²) < 4.78 is 15.3. The van der Waals surface area contributed by atoms with Gasteiger partial charge in [-0.2, -0.15) is 0 Å². The maximum absolute atomic E-state index is 14.0. The number of aromatic nitrogens is 2. The van der Waals surface area contributed by atoms with Gasteiger partial charge in [0.15, 0.2) is 0 Å². The second-order valence-corrected chi connectivity index (χ2v) is 9.20. The van der Waals surface area contributed by atoms with Gasteiger partial charge in [0.1, 0.15) is 5.82 Å². The van der Waals surface area contributed by atoms with Crippen LogP contribution in [0, 0.1) is 17.7 Å². The van der Waals surface area contributed by atoms with Crippen molar-refractivity contribution >= 4 is 5.91 Å². The van der Waals surface area contributed by atoms with E-state index in [9.17, 15) is 19.1 Å². The Bertz CT molecular complexity index is 994. The highest BCUT2D eigenvalue weighted by atomic mass is 19.1. The number of rotatable bonds is 6. The fourth-order valence-corrected chi connectivity index (χ4v) is 4.62. The van der Waals surface area contributed by atoms with Gasteiger partial charge in [-0.3, -0.25) is 14.2 Å². The van der Waals surface area contributed by atoms with Gasteiger partial charge in [-0.15, -0.1) is 0 Å². The number of amides is 1. The van der Waals surface area contributed by atoms with Crippen LogP contribution in [0.4, 0.5) is 4.39 Å². The van der Waals surface area contributed by atoms with Crippen molar-refractivity contribution in [1.29, 1.82) is 0 Å². The predicted octanol–water partition coefficient (Wildman–Crippen LogP) is 3.23. The van der Waals surface area contributed by atoms with Crippen molar-refractivity contribution < 1.29 is 14.3 Å². The van der Waals surface area contributed by atoms with Gasteiger partial charge in [0.05, 0.1) is 24.2 Å². The number of benzene rings is 1. The summed E-state index contributed by atoms with van der Waals surface area (Å²) in [4.78, 5) is 31.4. The summed E-state index contributed by atoms with van der Waals surface area (Å²) in [6.07, 6.45) is 6.88. The zero-order chi connectivity index (χ0) is 22.0. The fourth-order valence-electron chi connectivity index (χ4n) is 4.62. The summed E-state index contributed by atoms with van der Waals surface area (Å²) in [7, 11) is 0. The summed E-state index contributed by atoms with van der Waals surface area (Å²) in [5.41, 5.74) is -0.867. The predicted molar refractivity (Wildman–Crippen MR) is 116 cm³/mol. The Balaban J connectivity index is 1.37. The number of aliphatic hydroxyl groups is 1. The van der Waals surface area contributed by atoms with Crippen molar-refractivity contribution in [1.82, 2.24) is 14.5 Å². The number of halogens is 1. The standard InChI is InChI=1S/C24H30FN3O3/c1-17(13-18-5-4-6-18)23(30)27-11-9-24(31,10-12-27)15-28-16-26-21(14-22(28)29)19-7-2-3-8-20(19)25/h2-3,7-8,14,16-18,31H,4-6,9-13,15H2,1H3. The van der Waals surface area contributed by atoms with E-state index in [1.54, 1.807) is 18.2 Å². The molecule has 2 heterocycles. The van der Waals surface area contributed by atoms with Crippen LogP contribution in [0.2, 0.25) is 0 Å². The first kappa shape index (κ1) is 21.7. The van der Waals surface area contributed by atoms with Gasteiger partial charge in [-0.25, -0.2) is 9.37 Å². The lowest BCUT2D eigenvalue weighted by Gasteiger charge is -2.39. The van der Waals surface area contributed by atoms with Crippen LogP contribution in [0.5, 0.6) is 0 Å². The van der Waals surface area contributed by atoms with Crippen molar-refractivity contribution in [3.05, 3.63) is 52.8 Å². The Kier molecular flexibility index (Phi) is 6.23. The number of hydrogen-bond donors (Lipinski definition) is 1. The third-order valence-corrected chi connectivity index (χ3v) is 6.83. The first-order chi connectivity index (χ1) is 14.8. The summed E-state index contributed by atoms with van der Waals surface area (Å²) in [5.74, 6) is 0.443. The highest BCUT2D eigenvalue weighted by Crippen LogP contribution is 2.33. The highest BCUT2D eigenvalue weighted by Gasteiger charge is 2.36. The molecule has 7 heteroatoms. The van der Waals surface area contributed by atoms with E-state index in [1.165, 1.54) is 42.3 Å². The molecule has 2 fully saturated rings. The smallest absolute Gasteiger partial charge is 0.253 e. The van der Waals surface area contributed by atoms with Gasteiger partial charge in [0.2, 0.25) is 5.91 Å². The molecule has 1 atom stereocenters. The Hall–Kier alpha value is -2.54. The van der Waals surface area contributed by atoms with Gasteiger partial charge < -0.3 is 10.0 Å². The quantitative estimate of drug-likeness (QED) is 0.768. The monoisotopic (exact) mass is 427 g/mol. The molecule has 6 nitrogen and oxygen atoms in total. The average Bonchev–Trinajstić information content (AvgIpc) is 2.72. The SMILES string of the molecule is CC(CC1CCC1)C(=O)N1CCC(O)(Cn2cnc(-c3ccccc3F)cc2=O)CC1. The highest BCUT2D eigenvalue weighted by molar-refractivity contribution is 5.78. The zero-order valence-corrected chi connectivity index (χ0v) is 18.0. The van der Waals surface area contributed by atoms with Crippen molar-refractivity contribution in [2.45, 2.75) is 57.6 Å². The maximum Gasteiger partial charge on any atom is 0.253 e. The number of carbonyl (C=O) groups excluding carboxylic acids is 1. The summed E-state index contributed by atoms with van der Waals surface area (Å²) >= 11 is 0. The van der Waals surface area contributed by atoms with Gasteiger partial charge in [-0.1, -0.05) is 38.3 Å². The first-order valence-electron chi connectivity index (χ1n) is 11.2. The Morgan fingerprint density at radius 3 is 2.61 bits per heavy atom. The van der Waals surface area contributed by atoms with E-state index in [2.05, 4.69) is 4.98 Å². The minimum Gasteiger partial charge on any atom is -0.388 e. The molecular weight excluding hydrogens is 397 g/mol. The Morgan fingerprint density at radius 2 is 2.00 bits per heavy atom. The number of carbonyl (C=O) groups is 1. The van der Waals surface area contributed by atoms with Crippen LogP contribution < -0.4 is 5.56 Å². The Morgan fingerprint density at radius 1 is 1.29 bits per heavy atom. The van der Waals surface area contributed by atoms with Crippen LogP contribution in [-0.4, -0.2) is 44.2 Å². The molecule has 0 radical (unpaired) electrons. The lowest BCUT2D eigenvalue weighted by Crippen LogP contribution is -2.50. The number of hydrogen-bond acceptors (Lipinski definition) is 4. The molecule has 2 aliphatic rings. The van der Waals surface area contributed by atoms with E-state index >= 15 is 0 Å². The van der Waals surface area contributed by atoms with Gasteiger partial charge in [-0.05, 0) is 37.3 Å². The van der Waals surface area contributed by atoms with Crippen LogP contribution in [-0.2, 0) is 11.3 Å². The van der Waals surface area contributed by atoms with Crippen molar-refractivity contribution in [2.24, 2.45) is 11.8 Å². The van der Waals surface area contributed by atoms with Gasteiger partial charge in [0.25, 0.3) is 5.56 Å². The molecule has 2 aromatic rings. The molecule has 1 aromatic carbocycles. The summed E-state index contributed by atoms with van der Waals surface area (Å²) in [6, 6.07) is 7.47. The molecule has 1 unspecified atom stereocenters. The topological polar surface area (TPSA) is 75.4 Å². The van der Waals surface area contributed by atoms with E-state index in [0.29, 0.717) is 31.8 Å². The lowest BCUT2D eigenvalue weighted by molar-refractivity contribution is -0.140. The third-order valence-electron chi connectivity index (χ3n) is 6.83. The molecule has 1 N–H and O–H groups in total. The van der Waals surface area contributed by atoms with E-state index in [0.717, 1.165) is 6.42 Å². The third kappa shape index (κ3) is 4.87. The number of piperidine rings is 1. The molecule has 166 valence electrons. The van der Waals surface area contributed by atoms with E-state index in [-0.39, 0.29) is 35.2 Å². The second kappa shape index (κ2) is 8.91. The largest absolute Gasteiger partial charge is 0.388 e. The van der Waals surface area contributed by atoms with Gasteiger partial charge in [0, 0.05) is 30.6 Å². The molecule has 4 rings (SSSR count). The second-order valence-electron chi connectivity index (χ2n) is 9.20. The number of nitrogens with zero attached hydrogens (tertiary/aromatic N) is 3. The van der Waals surface area contributed by atoms with Crippen LogP contribution in [0.25, 0.3) is 11.3 Å². The first-order valence-corrected chi connectivity index (χ1v) is 11.2. The van der Waals surface area contributed by atoms with Crippen LogP contribution in [0.15, 0.2) is 41.5 Å². The molecule has 1 aliphatic heterocycles. The van der Waals surface area contributed by atoms with Crippen molar-refractivity contribution in [3.8, 4) is 11.3 Å². The lowest BCUT2D eigenvalue weighted by atomic mass is 9.79. The molecule has 0 spiro atoms. The molecule has 31 heavy (non-hydrogen) atoms. The molecule has 1 aliphatic carbocycles. The van der Waals surface area contributed by atoms with Crippen molar-refractivity contribution in [3.63, 3.8) is 0 Å². The van der Waals surface area contributed by atoms with E-state index in [1.807, 2.05) is 11.8 Å². The number of likely N-dealkylation sites (tertiary alicyclic amines) is 1. The van der Waals surface area contributed by atoms with Crippen LogP contribution in [0.1, 0.15) is 45.4 Å². The molecule has 1 amide bonds. The minimum absolute atomic E-state index is 0.0224. The van der Waals surface area contributed by atoms with Crippen molar-refractivity contribution in [2.75, 3.05) is 13.1 Å². The maximum atomic E-state index is 14.0.